The van der Waals surface area contributed by atoms with E-state index in [1.165, 1.54) is 22.9 Å². The van der Waals surface area contributed by atoms with Crippen molar-refractivity contribution in [3.05, 3.63) is 44.6 Å². The molecule has 0 atom stereocenters. The molecule has 0 aliphatic heterocycles. The van der Waals surface area contributed by atoms with Gasteiger partial charge in [0.05, 0.1) is 22.8 Å². The minimum Gasteiger partial charge on any atom is -0.432 e. The van der Waals surface area contributed by atoms with Gasteiger partial charge in [0.15, 0.2) is 0 Å². The highest BCUT2D eigenvalue weighted by molar-refractivity contribution is 6.30. The maximum Gasteiger partial charge on any atom is 0.313 e. The Hall–Kier alpha value is -2.12. The van der Waals surface area contributed by atoms with Crippen LogP contribution >= 0.6 is 11.6 Å². The Morgan fingerprint density at radius 3 is 2.85 bits per heavy atom. The standard InChI is InChI=1S/C12H12ClN3O4/c1-7-9(6-17)12(15(2)14-7)20-11-4-3-8(13)5-10(11)16(18)19/h3-5,17H,6H2,1-2H3. The summed E-state index contributed by atoms with van der Waals surface area (Å²) in [5.41, 5.74) is 0.832. The van der Waals surface area contributed by atoms with Crippen molar-refractivity contribution in [3.8, 4) is 11.6 Å². The monoisotopic (exact) mass is 297 g/mol. The molecule has 2 aromatic rings. The van der Waals surface area contributed by atoms with E-state index in [1.54, 1.807) is 14.0 Å². The number of nitro groups is 1. The molecule has 0 aliphatic rings. The van der Waals surface area contributed by atoms with Crippen molar-refractivity contribution in [1.29, 1.82) is 0 Å². The molecule has 1 aromatic heterocycles. The summed E-state index contributed by atoms with van der Waals surface area (Å²) in [6.07, 6.45) is 0. The molecular formula is C12H12ClN3O4. The molecule has 7 nitrogen and oxygen atoms in total. The molecule has 0 unspecified atom stereocenters. The number of hydrogen-bond acceptors (Lipinski definition) is 5. The molecule has 0 amide bonds. The molecule has 0 fully saturated rings. The molecule has 0 bridgehead atoms. The summed E-state index contributed by atoms with van der Waals surface area (Å²) < 4.78 is 6.96. The number of benzene rings is 1. The Bertz CT molecular complexity index is 669. The molecule has 20 heavy (non-hydrogen) atoms. The molecule has 106 valence electrons. The normalized spacial score (nSPS) is 10.6. The van der Waals surface area contributed by atoms with E-state index in [2.05, 4.69) is 5.10 Å². The summed E-state index contributed by atoms with van der Waals surface area (Å²) in [6.45, 7) is 1.45. The van der Waals surface area contributed by atoms with Gasteiger partial charge in [-0.3, -0.25) is 10.1 Å². The fourth-order valence-electron chi connectivity index (χ4n) is 1.81. The van der Waals surface area contributed by atoms with Crippen LogP contribution in [-0.4, -0.2) is 19.8 Å². The van der Waals surface area contributed by atoms with E-state index >= 15 is 0 Å². The summed E-state index contributed by atoms with van der Waals surface area (Å²) >= 11 is 5.74. The van der Waals surface area contributed by atoms with Crippen LogP contribution in [0.3, 0.4) is 0 Å². The molecule has 0 spiro atoms. The van der Waals surface area contributed by atoms with E-state index in [9.17, 15) is 15.2 Å². The third-order valence-electron chi connectivity index (χ3n) is 2.77. The molecular weight excluding hydrogens is 286 g/mol. The highest BCUT2D eigenvalue weighted by Gasteiger charge is 2.21. The van der Waals surface area contributed by atoms with E-state index in [0.29, 0.717) is 11.3 Å². The molecule has 0 aliphatic carbocycles. The summed E-state index contributed by atoms with van der Waals surface area (Å²) in [4.78, 5) is 10.4. The second-order valence-corrected chi connectivity index (χ2v) is 4.56. The highest BCUT2D eigenvalue weighted by Crippen LogP contribution is 2.35. The zero-order chi connectivity index (χ0) is 14.9. The first-order valence-electron chi connectivity index (χ1n) is 5.69. The number of rotatable bonds is 4. The van der Waals surface area contributed by atoms with Gasteiger partial charge in [-0.15, -0.1) is 0 Å². The summed E-state index contributed by atoms with van der Waals surface area (Å²) in [5, 5.41) is 24.7. The lowest BCUT2D eigenvalue weighted by atomic mass is 10.2. The van der Waals surface area contributed by atoms with Gasteiger partial charge < -0.3 is 9.84 Å². The molecule has 0 radical (unpaired) electrons. The zero-order valence-electron chi connectivity index (χ0n) is 10.8. The largest absolute Gasteiger partial charge is 0.432 e. The van der Waals surface area contributed by atoms with E-state index in [1.807, 2.05) is 0 Å². The number of aliphatic hydroxyl groups excluding tert-OH is 1. The zero-order valence-corrected chi connectivity index (χ0v) is 11.6. The number of nitro benzene ring substituents is 1. The molecule has 0 saturated carbocycles. The average Bonchev–Trinajstić information content (AvgIpc) is 2.65. The van der Waals surface area contributed by atoms with Gasteiger partial charge in [-0.25, -0.2) is 4.68 Å². The summed E-state index contributed by atoms with van der Waals surface area (Å²) in [5.74, 6) is 0.299. The van der Waals surface area contributed by atoms with E-state index in [-0.39, 0.29) is 28.9 Å². The van der Waals surface area contributed by atoms with Gasteiger partial charge in [0.25, 0.3) is 0 Å². The second-order valence-electron chi connectivity index (χ2n) is 4.12. The molecule has 2 rings (SSSR count). The number of aliphatic hydroxyl groups is 1. The Labute approximate surface area is 119 Å². The number of aromatic nitrogens is 2. The number of aryl methyl sites for hydroxylation is 2. The smallest absolute Gasteiger partial charge is 0.313 e. The Kier molecular flexibility index (Phi) is 3.91. The van der Waals surface area contributed by atoms with Crippen LogP contribution in [0.4, 0.5) is 5.69 Å². The third-order valence-corrected chi connectivity index (χ3v) is 3.01. The summed E-state index contributed by atoms with van der Waals surface area (Å²) in [7, 11) is 1.63. The SMILES string of the molecule is Cc1nn(C)c(Oc2ccc(Cl)cc2[N+](=O)[O-])c1CO. The first kappa shape index (κ1) is 14.3. The van der Waals surface area contributed by atoms with Crippen molar-refractivity contribution >= 4 is 17.3 Å². The van der Waals surface area contributed by atoms with Crippen LogP contribution in [0.5, 0.6) is 11.6 Å². The van der Waals surface area contributed by atoms with Crippen molar-refractivity contribution in [3.63, 3.8) is 0 Å². The predicted octanol–water partition coefficient (Wildman–Crippen LogP) is 2.57. The van der Waals surface area contributed by atoms with Crippen LogP contribution < -0.4 is 4.74 Å². The van der Waals surface area contributed by atoms with Gasteiger partial charge in [0.1, 0.15) is 0 Å². The van der Waals surface area contributed by atoms with Gasteiger partial charge in [-0.1, -0.05) is 11.6 Å². The molecule has 8 heteroatoms. The maximum absolute atomic E-state index is 11.0. The lowest BCUT2D eigenvalue weighted by Crippen LogP contribution is -1.99. The van der Waals surface area contributed by atoms with Crippen LogP contribution in [0, 0.1) is 17.0 Å². The average molecular weight is 298 g/mol. The van der Waals surface area contributed by atoms with Crippen molar-refractivity contribution in [2.75, 3.05) is 0 Å². The highest BCUT2D eigenvalue weighted by atomic mass is 35.5. The lowest BCUT2D eigenvalue weighted by Gasteiger charge is -2.08. The minimum atomic E-state index is -0.580. The Morgan fingerprint density at radius 1 is 1.55 bits per heavy atom. The predicted molar refractivity (Wildman–Crippen MR) is 72.0 cm³/mol. The fraction of sp³-hybridized carbons (Fsp3) is 0.250. The van der Waals surface area contributed by atoms with Crippen LogP contribution in [0.15, 0.2) is 18.2 Å². The van der Waals surface area contributed by atoms with Crippen LogP contribution in [0.25, 0.3) is 0 Å². The fourth-order valence-corrected chi connectivity index (χ4v) is 1.98. The first-order chi connectivity index (χ1) is 9.43. The topological polar surface area (TPSA) is 90.4 Å². The van der Waals surface area contributed by atoms with Gasteiger partial charge in [-0.05, 0) is 19.1 Å². The van der Waals surface area contributed by atoms with Crippen LogP contribution in [0.1, 0.15) is 11.3 Å². The van der Waals surface area contributed by atoms with E-state index < -0.39 is 4.92 Å². The van der Waals surface area contributed by atoms with Crippen LogP contribution in [-0.2, 0) is 13.7 Å². The number of ether oxygens (including phenoxy) is 1. The number of nitrogens with zero attached hydrogens (tertiary/aromatic N) is 3. The van der Waals surface area contributed by atoms with Crippen molar-refractivity contribution in [1.82, 2.24) is 9.78 Å². The molecule has 1 N–H and O–H groups in total. The molecule has 0 saturated heterocycles. The number of hydrogen-bond donors (Lipinski definition) is 1. The summed E-state index contributed by atoms with van der Waals surface area (Å²) in [6, 6.07) is 4.11. The van der Waals surface area contributed by atoms with E-state index in [4.69, 9.17) is 16.3 Å². The van der Waals surface area contributed by atoms with Gasteiger partial charge in [-0.2, -0.15) is 5.10 Å². The quantitative estimate of drug-likeness (QED) is 0.692. The number of halogens is 1. The van der Waals surface area contributed by atoms with Gasteiger partial charge >= 0.3 is 5.69 Å². The lowest BCUT2D eigenvalue weighted by molar-refractivity contribution is -0.385. The third kappa shape index (κ3) is 2.59. The van der Waals surface area contributed by atoms with Crippen molar-refractivity contribution in [2.45, 2.75) is 13.5 Å². The van der Waals surface area contributed by atoms with Gasteiger partial charge in [0, 0.05) is 18.1 Å². The first-order valence-corrected chi connectivity index (χ1v) is 6.07. The second kappa shape index (κ2) is 5.48. The van der Waals surface area contributed by atoms with Crippen molar-refractivity contribution in [2.24, 2.45) is 7.05 Å². The van der Waals surface area contributed by atoms with E-state index in [0.717, 1.165) is 0 Å². The maximum atomic E-state index is 11.0. The Morgan fingerprint density at radius 2 is 2.25 bits per heavy atom. The minimum absolute atomic E-state index is 0.0390. The van der Waals surface area contributed by atoms with Gasteiger partial charge in [0.2, 0.25) is 11.6 Å². The van der Waals surface area contributed by atoms with Crippen molar-refractivity contribution < 1.29 is 14.8 Å². The Balaban J connectivity index is 2.48. The molecule has 1 aromatic carbocycles. The van der Waals surface area contributed by atoms with Crippen LogP contribution in [0.2, 0.25) is 5.02 Å². The molecule has 1 heterocycles.